The molecule has 0 aliphatic carbocycles. The van der Waals surface area contributed by atoms with Crippen LogP contribution in [0, 0.1) is 0 Å². The van der Waals surface area contributed by atoms with Crippen molar-refractivity contribution in [2.24, 2.45) is 4.99 Å². The van der Waals surface area contributed by atoms with Gasteiger partial charge in [-0.3, -0.25) is 9.98 Å². The van der Waals surface area contributed by atoms with E-state index in [2.05, 4.69) is 47.8 Å². The summed E-state index contributed by atoms with van der Waals surface area (Å²) in [6, 6.07) is 14.1. The third kappa shape index (κ3) is 4.65. The van der Waals surface area contributed by atoms with Gasteiger partial charge in [-0.25, -0.2) is 0 Å². The third-order valence-electron chi connectivity index (χ3n) is 2.31. The molecular formula is C15H18N2SSi. The van der Waals surface area contributed by atoms with Gasteiger partial charge in [0.1, 0.15) is 7.22 Å². The Bertz CT molecular complexity index is 562. The van der Waals surface area contributed by atoms with Crippen molar-refractivity contribution in [3.8, 4) is 0 Å². The monoisotopic (exact) mass is 286 g/mol. The highest BCUT2D eigenvalue weighted by Crippen LogP contribution is 2.35. The zero-order valence-corrected chi connectivity index (χ0v) is 13.3. The van der Waals surface area contributed by atoms with Crippen LogP contribution in [0.4, 0.5) is 5.69 Å². The summed E-state index contributed by atoms with van der Waals surface area (Å²) >= 11 is 1.97. The van der Waals surface area contributed by atoms with Crippen molar-refractivity contribution in [1.82, 2.24) is 4.98 Å². The van der Waals surface area contributed by atoms with Crippen LogP contribution in [0.1, 0.15) is 5.69 Å². The van der Waals surface area contributed by atoms with E-state index in [-0.39, 0.29) is 0 Å². The second-order valence-electron chi connectivity index (χ2n) is 5.19. The molecule has 1 heterocycles. The molecule has 1 aromatic carbocycles. The summed E-state index contributed by atoms with van der Waals surface area (Å²) in [5.74, 6) is 0. The van der Waals surface area contributed by atoms with Crippen LogP contribution in [0.25, 0.3) is 0 Å². The molecule has 2 aromatic rings. The second-order valence-corrected chi connectivity index (χ2v) is 14.4. The Morgan fingerprint density at radius 2 is 1.79 bits per heavy atom. The van der Waals surface area contributed by atoms with Crippen LogP contribution in [-0.2, 0) is 0 Å². The lowest BCUT2D eigenvalue weighted by atomic mass is 10.3. The first-order chi connectivity index (χ1) is 9.04. The van der Waals surface area contributed by atoms with E-state index in [0.29, 0.717) is 0 Å². The quantitative estimate of drug-likeness (QED) is 0.598. The Kier molecular flexibility index (Phi) is 4.55. The molecule has 0 aliphatic rings. The predicted octanol–water partition coefficient (Wildman–Crippen LogP) is 4.76. The largest absolute Gasteiger partial charge is 0.255 e. The van der Waals surface area contributed by atoms with E-state index in [9.17, 15) is 0 Å². The molecule has 0 unspecified atom stereocenters. The number of rotatable bonds is 4. The topological polar surface area (TPSA) is 25.2 Å². The summed E-state index contributed by atoms with van der Waals surface area (Å²) in [7, 11) is -1.21. The van der Waals surface area contributed by atoms with Gasteiger partial charge in [0.2, 0.25) is 0 Å². The van der Waals surface area contributed by atoms with Gasteiger partial charge < -0.3 is 0 Å². The molecule has 0 atom stereocenters. The number of para-hydroxylation sites is 1. The smallest absolute Gasteiger partial charge is 0.114 e. The summed E-state index contributed by atoms with van der Waals surface area (Å²) < 4.78 is 0. The molecular weight excluding hydrogens is 268 g/mol. The minimum atomic E-state index is -1.21. The van der Waals surface area contributed by atoms with Crippen LogP contribution in [0.5, 0.6) is 0 Å². The number of aromatic nitrogens is 1. The number of hydrogen-bond donors (Lipinski definition) is 0. The normalized spacial score (nSPS) is 11.9. The van der Waals surface area contributed by atoms with E-state index in [4.69, 9.17) is 0 Å². The standard InChI is InChI=1S/C15H18N2SSi/c1-19(2,3)18-15-10-5-4-9-14(15)17-12-13-8-6-7-11-16-13/h4-12H,1-3H3. The van der Waals surface area contributed by atoms with E-state index in [0.717, 1.165) is 11.4 Å². The summed E-state index contributed by atoms with van der Waals surface area (Å²) in [5, 5.41) is 0. The molecule has 0 spiro atoms. The van der Waals surface area contributed by atoms with Crippen LogP contribution >= 0.6 is 11.2 Å². The van der Waals surface area contributed by atoms with Gasteiger partial charge in [-0.2, -0.15) is 0 Å². The Hall–Kier alpha value is -1.39. The Morgan fingerprint density at radius 3 is 2.47 bits per heavy atom. The van der Waals surface area contributed by atoms with Gasteiger partial charge in [0.25, 0.3) is 0 Å². The fraction of sp³-hybridized carbons (Fsp3) is 0.200. The molecule has 2 nitrogen and oxygen atoms in total. The molecule has 0 aliphatic heterocycles. The third-order valence-corrected chi connectivity index (χ3v) is 5.98. The van der Waals surface area contributed by atoms with Gasteiger partial charge in [-0.1, -0.05) is 37.8 Å². The van der Waals surface area contributed by atoms with Crippen LogP contribution in [0.3, 0.4) is 0 Å². The first-order valence-corrected chi connectivity index (χ1v) is 11.3. The number of aliphatic imine (C=N–C) groups is 1. The maximum absolute atomic E-state index is 4.57. The summed E-state index contributed by atoms with van der Waals surface area (Å²) in [5.41, 5.74) is 1.91. The van der Waals surface area contributed by atoms with Gasteiger partial charge in [0.15, 0.2) is 0 Å². The van der Waals surface area contributed by atoms with E-state index >= 15 is 0 Å². The predicted molar refractivity (Wildman–Crippen MR) is 87.1 cm³/mol. The van der Waals surface area contributed by atoms with Crippen LogP contribution in [0.2, 0.25) is 19.6 Å². The van der Waals surface area contributed by atoms with Gasteiger partial charge in [0, 0.05) is 11.1 Å². The van der Waals surface area contributed by atoms with E-state index < -0.39 is 7.22 Å². The van der Waals surface area contributed by atoms with Gasteiger partial charge in [-0.15, -0.1) is 11.2 Å². The zero-order chi connectivity index (χ0) is 13.7. The Morgan fingerprint density at radius 1 is 1.05 bits per heavy atom. The van der Waals surface area contributed by atoms with Crippen molar-refractivity contribution in [3.05, 3.63) is 54.4 Å². The van der Waals surface area contributed by atoms with Crippen LogP contribution < -0.4 is 0 Å². The van der Waals surface area contributed by atoms with Gasteiger partial charge in [-0.05, 0) is 24.3 Å². The molecule has 1 aromatic heterocycles. The average molecular weight is 286 g/mol. The number of pyridine rings is 1. The second kappa shape index (κ2) is 6.17. The van der Waals surface area contributed by atoms with Gasteiger partial charge >= 0.3 is 0 Å². The van der Waals surface area contributed by atoms with Crippen LogP contribution in [-0.4, -0.2) is 18.4 Å². The maximum Gasteiger partial charge on any atom is 0.114 e. The molecule has 0 amide bonds. The minimum Gasteiger partial charge on any atom is -0.255 e. The average Bonchev–Trinajstić information content (AvgIpc) is 2.37. The van der Waals surface area contributed by atoms with Crippen molar-refractivity contribution < 1.29 is 0 Å². The Balaban J connectivity index is 2.23. The first-order valence-electron chi connectivity index (χ1n) is 6.28. The van der Waals surface area contributed by atoms with Crippen molar-refractivity contribution >= 4 is 30.3 Å². The number of nitrogens with zero attached hydrogens (tertiary/aromatic N) is 2. The van der Waals surface area contributed by atoms with Gasteiger partial charge in [0.05, 0.1) is 17.6 Å². The van der Waals surface area contributed by atoms with Crippen molar-refractivity contribution in [1.29, 1.82) is 0 Å². The summed E-state index contributed by atoms with van der Waals surface area (Å²) in [4.78, 5) is 10.1. The molecule has 0 saturated carbocycles. The highest BCUT2D eigenvalue weighted by molar-refractivity contribution is 8.28. The highest BCUT2D eigenvalue weighted by atomic mass is 32.4. The van der Waals surface area contributed by atoms with Crippen molar-refractivity contribution in [2.75, 3.05) is 0 Å². The lowest BCUT2D eigenvalue weighted by Gasteiger charge is -2.16. The lowest BCUT2D eigenvalue weighted by molar-refractivity contribution is 1.29. The highest BCUT2D eigenvalue weighted by Gasteiger charge is 2.16. The summed E-state index contributed by atoms with van der Waals surface area (Å²) in [6.07, 6.45) is 3.60. The number of benzene rings is 1. The van der Waals surface area contributed by atoms with Crippen molar-refractivity contribution in [3.63, 3.8) is 0 Å². The lowest BCUT2D eigenvalue weighted by Crippen LogP contribution is -2.13. The molecule has 0 fully saturated rings. The maximum atomic E-state index is 4.57. The van der Waals surface area contributed by atoms with Crippen LogP contribution in [0.15, 0.2) is 58.5 Å². The molecule has 0 bridgehead atoms. The Labute approximate surface area is 119 Å². The molecule has 19 heavy (non-hydrogen) atoms. The molecule has 0 N–H and O–H groups in total. The minimum absolute atomic E-state index is 0.885. The van der Waals surface area contributed by atoms with E-state index in [1.807, 2.05) is 41.7 Å². The summed E-state index contributed by atoms with van der Waals surface area (Å²) in [6.45, 7) is 7.03. The molecule has 0 radical (unpaired) electrons. The van der Waals surface area contributed by atoms with Crippen molar-refractivity contribution in [2.45, 2.75) is 24.5 Å². The molecule has 0 saturated heterocycles. The fourth-order valence-corrected chi connectivity index (χ4v) is 5.10. The molecule has 2 rings (SSSR count). The fourth-order valence-electron chi connectivity index (χ4n) is 1.57. The number of hydrogen-bond acceptors (Lipinski definition) is 3. The zero-order valence-electron chi connectivity index (χ0n) is 11.5. The first kappa shape index (κ1) is 14.0. The molecule has 98 valence electrons. The molecule has 4 heteroatoms. The van der Waals surface area contributed by atoms with E-state index in [1.165, 1.54) is 4.90 Å². The SMILES string of the molecule is C[Si](C)(C)Sc1ccccc1N=Cc1ccccn1. The van der Waals surface area contributed by atoms with E-state index in [1.54, 1.807) is 6.20 Å².